The van der Waals surface area contributed by atoms with Gasteiger partial charge < -0.3 is 19.7 Å². The van der Waals surface area contributed by atoms with E-state index in [0.29, 0.717) is 18.7 Å². The summed E-state index contributed by atoms with van der Waals surface area (Å²) in [5, 5.41) is 2.16. The second kappa shape index (κ2) is 9.34. The molecule has 0 bridgehead atoms. The molecule has 0 aromatic heterocycles. The standard InChI is InChI=1S/C21H20F2N2O5/c1-13(21(28)24-18-11-14(22)4-9-17(18)23)30-20(27)12-29-16-7-5-15(6-8-16)25-10-2-3-19(25)26/h4-9,11,13H,2-3,10,12H2,1H3,(H,24,28). The number of esters is 1. The van der Waals surface area contributed by atoms with Crippen molar-refractivity contribution in [2.75, 3.05) is 23.4 Å². The molecule has 0 aliphatic carbocycles. The van der Waals surface area contributed by atoms with Gasteiger partial charge in [0.15, 0.2) is 12.7 Å². The number of nitrogens with one attached hydrogen (secondary N) is 1. The quantitative estimate of drug-likeness (QED) is 0.699. The summed E-state index contributed by atoms with van der Waals surface area (Å²) in [4.78, 5) is 37.4. The second-order valence-corrected chi connectivity index (χ2v) is 6.68. The maximum Gasteiger partial charge on any atom is 0.344 e. The number of halogens is 2. The van der Waals surface area contributed by atoms with Crippen LogP contribution in [0.1, 0.15) is 19.8 Å². The Balaban J connectivity index is 1.47. The van der Waals surface area contributed by atoms with E-state index >= 15 is 0 Å². The molecule has 2 amide bonds. The molecule has 1 aliphatic rings. The van der Waals surface area contributed by atoms with E-state index in [4.69, 9.17) is 9.47 Å². The van der Waals surface area contributed by atoms with Crippen molar-refractivity contribution in [3.05, 3.63) is 54.1 Å². The second-order valence-electron chi connectivity index (χ2n) is 6.68. The summed E-state index contributed by atoms with van der Waals surface area (Å²) in [6, 6.07) is 9.29. The van der Waals surface area contributed by atoms with Crippen molar-refractivity contribution in [3.63, 3.8) is 0 Å². The Hall–Kier alpha value is -3.49. The van der Waals surface area contributed by atoms with Crippen LogP contribution in [-0.2, 0) is 19.1 Å². The van der Waals surface area contributed by atoms with Gasteiger partial charge in [0.1, 0.15) is 17.4 Å². The molecule has 158 valence electrons. The number of rotatable bonds is 7. The first-order valence-corrected chi connectivity index (χ1v) is 9.32. The number of carbonyl (C=O) groups excluding carboxylic acids is 3. The summed E-state index contributed by atoms with van der Waals surface area (Å²) in [7, 11) is 0. The molecule has 1 fully saturated rings. The van der Waals surface area contributed by atoms with Crippen LogP contribution in [0.15, 0.2) is 42.5 Å². The van der Waals surface area contributed by atoms with E-state index in [1.165, 1.54) is 6.92 Å². The third kappa shape index (κ3) is 5.31. The third-order valence-electron chi connectivity index (χ3n) is 4.44. The molecule has 1 saturated heterocycles. The van der Waals surface area contributed by atoms with Gasteiger partial charge in [-0.1, -0.05) is 0 Å². The highest BCUT2D eigenvalue weighted by molar-refractivity contribution is 5.96. The lowest BCUT2D eigenvalue weighted by atomic mass is 10.2. The number of hydrogen-bond donors (Lipinski definition) is 1. The highest BCUT2D eigenvalue weighted by Gasteiger charge is 2.22. The third-order valence-corrected chi connectivity index (χ3v) is 4.44. The Kier molecular flexibility index (Phi) is 6.61. The van der Waals surface area contributed by atoms with Crippen LogP contribution in [0.2, 0.25) is 0 Å². The van der Waals surface area contributed by atoms with Gasteiger partial charge in [0.25, 0.3) is 5.91 Å². The maximum atomic E-state index is 13.6. The molecule has 1 heterocycles. The normalized spacial score (nSPS) is 14.4. The Morgan fingerprint density at radius 1 is 1.17 bits per heavy atom. The molecule has 30 heavy (non-hydrogen) atoms. The Labute approximate surface area is 171 Å². The number of ether oxygens (including phenoxy) is 2. The predicted molar refractivity (Wildman–Crippen MR) is 104 cm³/mol. The van der Waals surface area contributed by atoms with E-state index in [1.54, 1.807) is 29.2 Å². The highest BCUT2D eigenvalue weighted by Crippen LogP contribution is 2.24. The van der Waals surface area contributed by atoms with Gasteiger partial charge in [-0.15, -0.1) is 0 Å². The maximum absolute atomic E-state index is 13.6. The van der Waals surface area contributed by atoms with Crippen LogP contribution in [0, 0.1) is 11.6 Å². The van der Waals surface area contributed by atoms with Crippen molar-refractivity contribution in [3.8, 4) is 5.75 Å². The van der Waals surface area contributed by atoms with Crippen LogP contribution in [-0.4, -0.2) is 37.0 Å². The SMILES string of the molecule is CC(OC(=O)COc1ccc(N2CCCC2=O)cc1)C(=O)Nc1cc(F)ccc1F. The summed E-state index contributed by atoms with van der Waals surface area (Å²) < 4.78 is 37.0. The van der Waals surface area contributed by atoms with E-state index in [1.807, 2.05) is 0 Å². The summed E-state index contributed by atoms with van der Waals surface area (Å²) >= 11 is 0. The molecule has 0 spiro atoms. The minimum absolute atomic E-state index is 0.0673. The largest absolute Gasteiger partial charge is 0.482 e. The number of carbonyl (C=O) groups is 3. The first-order valence-electron chi connectivity index (χ1n) is 9.32. The molecule has 1 N–H and O–H groups in total. The van der Waals surface area contributed by atoms with Gasteiger partial charge in [0.2, 0.25) is 5.91 Å². The molecular formula is C21H20F2N2O5. The minimum Gasteiger partial charge on any atom is -0.482 e. The van der Waals surface area contributed by atoms with Gasteiger partial charge in [0.05, 0.1) is 5.69 Å². The van der Waals surface area contributed by atoms with Gasteiger partial charge in [-0.3, -0.25) is 9.59 Å². The van der Waals surface area contributed by atoms with Gasteiger partial charge in [-0.05, 0) is 49.7 Å². The number of nitrogens with zero attached hydrogens (tertiary/aromatic N) is 1. The molecule has 3 rings (SSSR count). The van der Waals surface area contributed by atoms with Crippen LogP contribution >= 0.6 is 0 Å². The van der Waals surface area contributed by atoms with Crippen molar-refractivity contribution >= 4 is 29.2 Å². The predicted octanol–water partition coefficient (Wildman–Crippen LogP) is 3.04. The first kappa shape index (κ1) is 21.2. The van der Waals surface area contributed by atoms with Crippen molar-refractivity contribution in [1.82, 2.24) is 0 Å². The Bertz CT molecular complexity index is 949. The smallest absolute Gasteiger partial charge is 0.344 e. The molecule has 9 heteroatoms. The molecule has 1 atom stereocenters. The van der Waals surface area contributed by atoms with E-state index in [2.05, 4.69) is 5.32 Å². The topological polar surface area (TPSA) is 84.9 Å². The van der Waals surface area contributed by atoms with Gasteiger partial charge in [-0.2, -0.15) is 0 Å². The van der Waals surface area contributed by atoms with E-state index in [9.17, 15) is 23.2 Å². The fourth-order valence-electron chi connectivity index (χ4n) is 2.90. The molecule has 2 aromatic rings. The number of benzene rings is 2. The van der Waals surface area contributed by atoms with Crippen LogP contribution in [0.25, 0.3) is 0 Å². The molecule has 1 unspecified atom stereocenters. The Morgan fingerprint density at radius 3 is 2.57 bits per heavy atom. The van der Waals surface area contributed by atoms with Gasteiger partial charge in [0, 0.05) is 24.7 Å². The summed E-state index contributed by atoms with van der Waals surface area (Å²) in [5.74, 6) is -2.70. The summed E-state index contributed by atoms with van der Waals surface area (Å²) in [6.45, 7) is 1.52. The first-order chi connectivity index (χ1) is 14.3. The van der Waals surface area contributed by atoms with Crippen molar-refractivity contribution in [1.29, 1.82) is 0 Å². The molecule has 7 nitrogen and oxygen atoms in total. The van der Waals surface area contributed by atoms with E-state index in [0.717, 1.165) is 30.3 Å². The van der Waals surface area contributed by atoms with Crippen molar-refractivity contribution < 1.29 is 32.6 Å². The highest BCUT2D eigenvalue weighted by atomic mass is 19.1. The van der Waals surface area contributed by atoms with Crippen LogP contribution < -0.4 is 15.0 Å². The summed E-state index contributed by atoms with van der Waals surface area (Å²) in [6.07, 6.45) is 0.106. The van der Waals surface area contributed by atoms with Gasteiger partial charge in [-0.25, -0.2) is 13.6 Å². The monoisotopic (exact) mass is 418 g/mol. The lowest BCUT2D eigenvalue weighted by Gasteiger charge is -2.16. The fraction of sp³-hybridized carbons (Fsp3) is 0.286. The average molecular weight is 418 g/mol. The lowest BCUT2D eigenvalue weighted by Crippen LogP contribution is -2.32. The van der Waals surface area contributed by atoms with Crippen LogP contribution in [0.3, 0.4) is 0 Å². The average Bonchev–Trinajstić information content (AvgIpc) is 3.15. The molecule has 1 aliphatic heterocycles. The van der Waals surface area contributed by atoms with Gasteiger partial charge >= 0.3 is 5.97 Å². The zero-order valence-electron chi connectivity index (χ0n) is 16.2. The zero-order chi connectivity index (χ0) is 21.7. The molecular weight excluding hydrogens is 398 g/mol. The van der Waals surface area contributed by atoms with Crippen LogP contribution in [0.4, 0.5) is 20.2 Å². The zero-order valence-corrected chi connectivity index (χ0v) is 16.2. The lowest BCUT2D eigenvalue weighted by molar-refractivity contribution is -0.155. The molecule has 2 aromatic carbocycles. The number of anilines is 2. The van der Waals surface area contributed by atoms with E-state index in [-0.39, 0.29) is 11.6 Å². The number of hydrogen-bond acceptors (Lipinski definition) is 5. The molecule has 0 radical (unpaired) electrons. The Morgan fingerprint density at radius 2 is 1.90 bits per heavy atom. The van der Waals surface area contributed by atoms with E-state index < -0.39 is 36.2 Å². The van der Waals surface area contributed by atoms with Crippen molar-refractivity contribution in [2.45, 2.75) is 25.9 Å². The minimum atomic E-state index is -1.24. The van der Waals surface area contributed by atoms with Crippen molar-refractivity contribution in [2.24, 2.45) is 0 Å². The number of amides is 2. The summed E-state index contributed by atoms with van der Waals surface area (Å²) in [5.41, 5.74) is 0.401. The van der Waals surface area contributed by atoms with Crippen LogP contribution in [0.5, 0.6) is 5.75 Å². The fourth-order valence-corrected chi connectivity index (χ4v) is 2.90. The molecule has 0 saturated carbocycles.